The summed E-state index contributed by atoms with van der Waals surface area (Å²) in [6, 6.07) is 9.64. The number of aromatic nitrogens is 2. The van der Waals surface area contributed by atoms with Gasteiger partial charge in [-0.3, -0.25) is 14.5 Å². The normalized spacial score (nSPS) is 18.9. The maximum Gasteiger partial charge on any atom is 0.260 e. The summed E-state index contributed by atoms with van der Waals surface area (Å²) in [5.41, 5.74) is 3.36. The van der Waals surface area contributed by atoms with Gasteiger partial charge in [0.1, 0.15) is 11.4 Å². The summed E-state index contributed by atoms with van der Waals surface area (Å²) in [4.78, 5) is 31.8. The molecule has 11 heteroatoms. The molecule has 1 saturated heterocycles. The fraction of sp³-hybridized carbons (Fsp3) is 0.364. The number of nitrogen functional groups attached to an aromatic ring is 1. The highest BCUT2D eigenvalue weighted by atomic mass is 16.5. The second kappa shape index (κ2) is 8.10. The van der Waals surface area contributed by atoms with Crippen molar-refractivity contribution < 1.29 is 29.1 Å². The van der Waals surface area contributed by atoms with Gasteiger partial charge in [-0.2, -0.15) is 0 Å². The van der Waals surface area contributed by atoms with Crippen LogP contribution in [0.25, 0.3) is 11.0 Å². The molecular weight excluding hydrogens is 430 g/mol. The van der Waals surface area contributed by atoms with Crippen LogP contribution in [0.3, 0.4) is 0 Å². The number of nitrogens with two attached hydrogens (primary N) is 1. The zero-order chi connectivity index (χ0) is 24.0. The van der Waals surface area contributed by atoms with Crippen LogP contribution in [0.5, 0.6) is 0 Å². The van der Waals surface area contributed by atoms with Crippen LogP contribution in [0.1, 0.15) is 26.5 Å². The standard InChI is InChI=1S/C22H25N5O6/c1-21(2,30)15-5-4-6-16(25-15)27-9-10-32-17(19(27)28)22(3,31)20(29)24-12-7-8-13-14(11-12)33-26-18(13)23/h4-8,11,17,30-31H,9-10H2,1-3H3,(H2,23,26)(H,24,29)/t17-,22+/m0/s1. The van der Waals surface area contributed by atoms with Crippen LogP contribution in [0.2, 0.25) is 0 Å². The van der Waals surface area contributed by atoms with E-state index in [9.17, 15) is 19.8 Å². The number of carbonyl (C=O) groups is 2. The third kappa shape index (κ3) is 4.25. The van der Waals surface area contributed by atoms with Crippen LogP contribution >= 0.6 is 0 Å². The van der Waals surface area contributed by atoms with Crippen LogP contribution in [0.4, 0.5) is 17.3 Å². The Balaban J connectivity index is 1.55. The number of nitrogens with one attached hydrogen (secondary N) is 1. The predicted molar refractivity (Wildman–Crippen MR) is 119 cm³/mol. The molecule has 5 N–H and O–H groups in total. The van der Waals surface area contributed by atoms with Crippen molar-refractivity contribution in [2.75, 3.05) is 29.1 Å². The molecule has 0 aliphatic carbocycles. The van der Waals surface area contributed by atoms with Gasteiger partial charge < -0.3 is 30.5 Å². The lowest BCUT2D eigenvalue weighted by atomic mass is 9.95. The highest BCUT2D eigenvalue weighted by molar-refractivity contribution is 6.06. The summed E-state index contributed by atoms with van der Waals surface area (Å²) in [5.74, 6) is -0.955. The molecule has 174 valence electrons. The van der Waals surface area contributed by atoms with Gasteiger partial charge in [0.15, 0.2) is 23.1 Å². The molecule has 1 fully saturated rings. The first kappa shape index (κ1) is 22.6. The SMILES string of the molecule is CC(C)(O)c1cccc(N2CCO[C@H]([C@@](C)(O)C(=O)Nc3ccc4c(N)noc4c3)C2=O)n1. The van der Waals surface area contributed by atoms with E-state index in [0.29, 0.717) is 22.4 Å². The minimum atomic E-state index is -2.20. The van der Waals surface area contributed by atoms with E-state index in [2.05, 4.69) is 15.5 Å². The van der Waals surface area contributed by atoms with Gasteiger partial charge in [0.05, 0.1) is 24.2 Å². The number of rotatable bonds is 5. The van der Waals surface area contributed by atoms with E-state index < -0.39 is 29.1 Å². The Morgan fingerprint density at radius 1 is 1.24 bits per heavy atom. The molecule has 33 heavy (non-hydrogen) atoms. The van der Waals surface area contributed by atoms with Crippen LogP contribution < -0.4 is 16.0 Å². The van der Waals surface area contributed by atoms with Crippen molar-refractivity contribution in [2.24, 2.45) is 0 Å². The van der Waals surface area contributed by atoms with Gasteiger partial charge in [0.25, 0.3) is 11.8 Å². The van der Waals surface area contributed by atoms with Crippen molar-refractivity contribution in [3.05, 3.63) is 42.1 Å². The molecule has 0 saturated carbocycles. The summed E-state index contributed by atoms with van der Waals surface area (Å²) in [6.45, 7) is 4.64. The van der Waals surface area contributed by atoms with Gasteiger partial charge in [-0.05, 0) is 45.0 Å². The fourth-order valence-corrected chi connectivity index (χ4v) is 3.54. The predicted octanol–water partition coefficient (Wildman–Crippen LogP) is 1.15. The minimum Gasteiger partial charge on any atom is -0.384 e. The van der Waals surface area contributed by atoms with E-state index in [1.165, 1.54) is 17.9 Å². The summed E-state index contributed by atoms with van der Waals surface area (Å²) < 4.78 is 10.6. The molecule has 3 heterocycles. The zero-order valence-corrected chi connectivity index (χ0v) is 18.4. The van der Waals surface area contributed by atoms with Crippen molar-refractivity contribution >= 4 is 40.1 Å². The largest absolute Gasteiger partial charge is 0.384 e. The molecule has 2 atom stereocenters. The Bertz CT molecular complexity index is 1220. The molecule has 0 spiro atoms. The van der Waals surface area contributed by atoms with Crippen LogP contribution in [0.15, 0.2) is 40.9 Å². The van der Waals surface area contributed by atoms with Crippen LogP contribution in [-0.4, -0.2) is 57.0 Å². The van der Waals surface area contributed by atoms with Crippen molar-refractivity contribution in [1.82, 2.24) is 10.1 Å². The van der Waals surface area contributed by atoms with E-state index in [0.717, 1.165) is 0 Å². The first-order chi connectivity index (χ1) is 15.5. The molecule has 4 rings (SSSR count). The summed E-state index contributed by atoms with van der Waals surface area (Å²) in [7, 11) is 0. The number of benzene rings is 1. The molecule has 2 amide bonds. The molecule has 1 aliphatic heterocycles. The Hall–Kier alpha value is -3.54. The number of hydrogen-bond donors (Lipinski definition) is 4. The second-order valence-electron chi connectivity index (χ2n) is 8.56. The highest BCUT2D eigenvalue weighted by Crippen LogP contribution is 2.28. The molecular formula is C22H25N5O6. The van der Waals surface area contributed by atoms with E-state index in [4.69, 9.17) is 15.0 Å². The molecule has 2 aromatic heterocycles. The highest BCUT2D eigenvalue weighted by Gasteiger charge is 2.48. The lowest BCUT2D eigenvalue weighted by molar-refractivity contribution is -0.165. The number of aliphatic hydroxyl groups is 2. The number of ether oxygens (including phenoxy) is 1. The topological polar surface area (TPSA) is 164 Å². The zero-order valence-electron chi connectivity index (χ0n) is 18.4. The third-order valence-corrected chi connectivity index (χ3v) is 5.46. The Morgan fingerprint density at radius 2 is 2.00 bits per heavy atom. The summed E-state index contributed by atoms with van der Waals surface area (Å²) in [5, 5.41) is 28.1. The molecule has 0 radical (unpaired) electrons. The minimum absolute atomic E-state index is 0.0809. The Morgan fingerprint density at radius 3 is 2.73 bits per heavy atom. The number of fused-ring (bicyclic) bond motifs is 1. The van der Waals surface area contributed by atoms with Gasteiger partial charge in [-0.25, -0.2) is 4.98 Å². The number of nitrogens with zero attached hydrogens (tertiary/aromatic N) is 3. The number of carbonyl (C=O) groups excluding carboxylic acids is 2. The second-order valence-corrected chi connectivity index (χ2v) is 8.56. The maximum absolute atomic E-state index is 13.2. The Kier molecular flexibility index (Phi) is 5.56. The quantitative estimate of drug-likeness (QED) is 0.442. The van der Waals surface area contributed by atoms with Gasteiger partial charge in [-0.15, -0.1) is 0 Å². The third-order valence-electron chi connectivity index (χ3n) is 5.46. The van der Waals surface area contributed by atoms with E-state index >= 15 is 0 Å². The number of amides is 2. The van der Waals surface area contributed by atoms with Crippen molar-refractivity contribution in [2.45, 2.75) is 38.1 Å². The van der Waals surface area contributed by atoms with E-state index in [1.54, 1.807) is 44.2 Å². The number of anilines is 3. The first-order valence-electron chi connectivity index (χ1n) is 10.3. The average Bonchev–Trinajstić information content (AvgIpc) is 3.13. The van der Waals surface area contributed by atoms with Crippen LogP contribution in [-0.2, 0) is 19.9 Å². The lowest BCUT2D eigenvalue weighted by Crippen LogP contribution is -2.61. The molecule has 3 aromatic rings. The van der Waals surface area contributed by atoms with Crippen molar-refractivity contribution in [1.29, 1.82) is 0 Å². The monoisotopic (exact) mass is 455 g/mol. The number of morpholine rings is 1. The number of hydrogen-bond acceptors (Lipinski definition) is 9. The van der Waals surface area contributed by atoms with Crippen molar-refractivity contribution in [3.63, 3.8) is 0 Å². The van der Waals surface area contributed by atoms with E-state index in [1.807, 2.05) is 0 Å². The molecule has 11 nitrogen and oxygen atoms in total. The number of pyridine rings is 1. The average molecular weight is 455 g/mol. The fourth-order valence-electron chi connectivity index (χ4n) is 3.54. The molecule has 1 aliphatic rings. The van der Waals surface area contributed by atoms with Gasteiger partial charge in [0, 0.05) is 11.8 Å². The van der Waals surface area contributed by atoms with Crippen LogP contribution in [0, 0.1) is 0 Å². The molecule has 0 bridgehead atoms. The lowest BCUT2D eigenvalue weighted by Gasteiger charge is -2.38. The maximum atomic E-state index is 13.2. The molecule has 1 aromatic carbocycles. The van der Waals surface area contributed by atoms with E-state index in [-0.39, 0.29) is 24.8 Å². The smallest absolute Gasteiger partial charge is 0.260 e. The van der Waals surface area contributed by atoms with Crippen molar-refractivity contribution in [3.8, 4) is 0 Å². The van der Waals surface area contributed by atoms with Gasteiger partial charge in [-0.1, -0.05) is 11.2 Å². The first-order valence-corrected chi connectivity index (χ1v) is 10.3. The van der Waals surface area contributed by atoms with Gasteiger partial charge in [0.2, 0.25) is 0 Å². The van der Waals surface area contributed by atoms with Gasteiger partial charge >= 0.3 is 0 Å². The Labute approximate surface area is 189 Å². The summed E-state index contributed by atoms with van der Waals surface area (Å²) in [6.07, 6.45) is -1.47. The summed E-state index contributed by atoms with van der Waals surface area (Å²) >= 11 is 0. The molecule has 0 unspecified atom stereocenters.